The SMILES string of the molecule is Cc1nccnc1-c1cn(-c2ccc3c(c2)CN(C2CCC(=O)NC2=O)C3=O)nn1. The minimum Gasteiger partial charge on any atom is -0.322 e. The average molecular weight is 403 g/mol. The second-order valence-electron chi connectivity index (χ2n) is 7.28. The van der Waals surface area contributed by atoms with Gasteiger partial charge in [0.1, 0.15) is 17.4 Å². The molecule has 2 aromatic heterocycles. The molecular formula is C20H17N7O3. The molecule has 0 spiro atoms. The topological polar surface area (TPSA) is 123 Å². The normalized spacial score (nSPS) is 18.5. The number of nitrogens with one attached hydrogen (secondary N) is 1. The number of piperidine rings is 1. The molecule has 3 amide bonds. The highest BCUT2D eigenvalue weighted by molar-refractivity contribution is 6.05. The maximum absolute atomic E-state index is 12.8. The summed E-state index contributed by atoms with van der Waals surface area (Å²) in [6.07, 6.45) is 5.54. The summed E-state index contributed by atoms with van der Waals surface area (Å²) in [5, 5.41) is 10.7. The van der Waals surface area contributed by atoms with E-state index in [1.165, 1.54) is 4.90 Å². The summed E-state index contributed by atoms with van der Waals surface area (Å²) >= 11 is 0. The molecule has 0 radical (unpaired) electrons. The number of benzene rings is 1. The first-order valence-electron chi connectivity index (χ1n) is 9.49. The standard InChI is InChI=1S/C20H17N7O3/c1-11-18(22-7-6-21-11)15-10-27(25-24-15)13-2-3-14-12(8-13)9-26(20(14)30)16-4-5-17(28)23-19(16)29/h2-3,6-8,10,16H,4-5,9H2,1H3,(H,23,28,29). The van der Waals surface area contributed by atoms with Crippen molar-refractivity contribution in [3.63, 3.8) is 0 Å². The third kappa shape index (κ3) is 2.93. The molecule has 1 saturated heterocycles. The molecule has 5 rings (SSSR count). The van der Waals surface area contributed by atoms with Crippen molar-refractivity contribution < 1.29 is 14.4 Å². The molecule has 2 aliphatic heterocycles. The Kier molecular flexibility index (Phi) is 4.12. The van der Waals surface area contributed by atoms with Crippen molar-refractivity contribution in [3.8, 4) is 17.1 Å². The van der Waals surface area contributed by atoms with Gasteiger partial charge in [0.2, 0.25) is 11.8 Å². The van der Waals surface area contributed by atoms with E-state index in [-0.39, 0.29) is 18.2 Å². The molecule has 30 heavy (non-hydrogen) atoms. The van der Waals surface area contributed by atoms with Crippen molar-refractivity contribution in [2.45, 2.75) is 32.4 Å². The van der Waals surface area contributed by atoms with E-state index in [0.717, 1.165) is 16.9 Å². The number of nitrogens with zero attached hydrogens (tertiary/aromatic N) is 6. The van der Waals surface area contributed by atoms with Gasteiger partial charge in [-0.2, -0.15) is 0 Å². The van der Waals surface area contributed by atoms with Crippen LogP contribution < -0.4 is 5.32 Å². The first-order chi connectivity index (χ1) is 14.5. The molecule has 1 unspecified atom stereocenters. The van der Waals surface area contributed by atoms with Gasteiger partial charge in [-0.3, -0.25) is 29.7 Å². The van der Waals surface area contributed by atoms with Crippen LogP contribution in [0.2, 0.25) is 0 Å². The average Bonchev–Trinajstić information content (AvgIpc) is 3.34. The van der Waals surface area contributed by atoms with Crippen LogP contribution in [0.25, 0.3) is 17.1 Å². The van der Waals surface area contributed by atoms with Crippen LogP contribution in [0.1, 0.15) is 34.5 Å². The Balaban J connectivity index is 1.42. The Hall–Kier alpha value is -3.95. The lowest BCUT2D eigenvalue weighted by Gasteiger charge is -2.29. The van der Waals surface area contributed by atoms with Gasteiger partial charge in [-0.15, -0.1) is 5.10 Å². The minimum atomic E-state index is -0.636. The number of rotatable bonds is 3. The summed E-state index contributed by atoms with van der Waals surface area (Å²) in [4.78, 5) is 46.4. The lowest BCUT2D eigenvalue weighted by molar-refractivity contribution is -0.136. The fourth-order valence-electron chi connectivity index (χ4n) is 3.86. The molecule has 2 aliphatic rings. The lowest BCUT2D eigenvalue weighted by atomic mass is 10.0. The smallest absolute Gasteiger partial charge is 0.255 e. The van der Waals surface area contributed by atoms with Crippen molar-refractivity contribution in [2.75, 3.05) is 0 Å². The van der Waals surface area contributed by atoms with Crippen LogP contribution in [-0.4, -0.2) is 53.6 Å². The summed E-state index contributed by atoms with van der Waals surface area (Å²) in [6, 6.07) is 4.74. The maximum atomic E-state index is 12.8. The van der Waals surface area contributed by atoms with Crippen LogP contribution in [0, 0.1) is 6.92 Å². The van der Waals surface area contributed by atoms with Crippen molar-refractivity contribution in [3.05, 3.63) is 53.6 Å². The number of amides is 3. The predicted molar refractivity (Wildman–Crippen MR) is 103 cm³/mol. The van der Waals surface area contributed by atoms with E-state index in [2.05, 4.69) is 25.6 Å². The van der Waals surface area contributed by atoms with Crippen molar-refractivity contribution in [2.24, 2.45) is 0 Å². The second kappa shape index (κ2) is 6.83. The van der Waals surface area contributed by atoms with Crippen LogP contribution in [-0.2, 0) is 16.1 Å². The van der Waals surface area contributed by atoms with Gasteiger partial charge in [-0.05, 0) is 37.1 Å². The van der Waals surface area contributed by atoms with Crippen LogP contribution in [0.15, 0.2) is 36.8 Å². The van der Waals surface area contributed by atoms with E-state index in [1.807, 2.05) is 13.0 Å². The maximum Gasteiger partial charge on any atom is 0.255 e. The lowest BCUT2D eigenvalue weighted by Crippen LogP contribution is -2.52. The van der Waals surface area contributed by atoms with E-state index in [0.29, 0.717) is 29.9 Å². The second-order valence-corrected chi connectivity index (χ2v) is 7.28. The van der Waals surface area contributed by atoms with Crippen LogP contribution >= 0.6 is 0 Å². The third-order valence-electron chi connectivity index (χ3n) is 5.39. The number of imide groups is 1. The van der Waals surface area contributed by atoms with Gasteiger partial charge in [-0.1, -0.05) is 5.21 Å². The van der Waals surface area contributed by atoms with Gasteiger partial charge in [0, 0.05) is 30.9 Å². The number of hydrogen-bond acceptors (Lipinski definition) is 7. The van der Waals surface area contributed by atoms with Gasteiger partial charge in [0.05, 0.1) is 17.6 Å². The zero-order valence-electron chi connectivity index (χ0n) is 16.1. The largest absolute Gasteiger partial charge is 0.322 e. The van der Waals surface area contributed by atoms with Crippen molar-refractivity contribution >= 4 is 17.7 Å². The number of aromatic nitrogens is 5. The Morgan fingerprint density at radius 3 is 2.77 bits per heavy atom. The first-order valence-corrected chi connectivity index (χ1v) is 9.49. The van der Waals surface area contributed by atoms with E-state index in [4.69, 9.17) is 0 Å². The van der Waals surface area contributed by atoms with Gasteiger partial charge in [0.15, 0.2) is 0 Å². The Morgan fingerprint density at radius 1 is 1.13 bits per heavy atom. The summed E-state index contributed by atoms with van der Waals surface area (Å²) in [6.45, 7) is 2.16. The monoisotopic (exact) mass is 403 g/mol. The first kappa shape index (κ1) is 18.1. The predicted octanol–water partition coefficient (Wildman–Crippen LogP) is 0.794. The van der Waals surface area contributed by atoms with Crippen molar-refractivity contribution in [1.29, 1.82) is 0 Å². The zero-order chi connectivity index (χ0) is 20.8. The molecule has 0 aliphatic carbocycles. The van der Waals surface area contributed by atoms with E-state index >= 15 is 0 Å². The molecule has 0 saturated carbocycles. The van der Waals surface area contributed by atoms with Crippen molar-refractivity contribution in [1.82, 2.24) is 35.2 Å². The highest BCUT2D eigenvalue weighted by atomic mass is 16.2. The summed E-state index contributed by atoms with van der Waals surface area (Å²) in [5.74, 6) is -0.934. The molecule has 10 nitrogen and oxygen atoms in total. The Bertz CT molecular complexity index is 1200. The number of carbonyl (C=O) groups excluding carboxylic acids is 3. The number of aryl methyl sites for hydroxylation is 1. The van der Waals surface area contributed by atoms with Crippen LogP contribution in [0.5, 0.6) is 0 Å². The molecule has 0 bridgehead atoms. The Labute approximate surface area is 170 Å². The molecule has 10 heteroatoms. The van der Waals surface area contributed by atoms with Gasteiger partial charge in [0.25, 0.3) is 5.91 Å². The molecule has 1 fully saturated rings. The summed E-state index contributed by atoms with van der Waals surface area (Å²) < 4.78 is 1.61. The van der Waals surface area contributed by atoms with E-state index < -0.39 is 11.9 Å². The van der Waals surface area contributed by atoms with Gasteiger partial charge < -0.3 is 4.90 Å². The third-order valence-corrected chi connectivity index (χ3v) is 5.39. The van der Waals surface area contributed by atoms with Gasteiger partial charge in [-0.25, -0.2) is 4.68 Å². The van der Waals surface area contributed by atoms with Crippen LogP contribution in [0.3, 0.4) is 0 Å². The highest BCUT2D eigenvalue weighted by Gasteiger charge is 2.39. The Morgan fingerprint density at radius 2 is 1.97 bits per heavy atom. The molecule has 3 aromatic rings. The molecule has 4 heterocycles. The number of carbonyl (C=O) groups is 3. The number of fused-ring (bicyclic) bond motifs is 1. The summed E-state index contributed by atoms with van der Waals surface area (Å²) in [7, 11) is 0. The number of hydrogen-bond donors (Lipinski definition) is 1. The molecule has 1 aromatic carbocycles. The molecular weight excluding hydrogens is 386 g/mol. The fraction of sp³-hybridized carbons (Fsp3) is 0.250. The zero-order valence-corrected chi connectivity index (χ0v) is 16.1. The molecule has 150 valence electrons. The van der Waals surface area contributed by atoms with E-state index in [9.17, 15) is 14.4 Å². The summed E-state index contributed by atoms with van der Waals surface area (Å²) in [5.41, 5.74) is 4.10. The quantitative estimate of drug-likeness (QED) is 0.642. The fourth-order valence-corrected chi connectivity index (χ4v) is 3.86. The van der Waals surface area contributed by atoms with E-state index in [1.54, 1.807) is 35.4 Å². The molecule has 1 N–H and O–H groups in total. The van der Waals surface area contributed by atoms with Gasteiger partial charge >= 0.3 is 0 Å². The van der Waals surface area contributed by atoms with Crippen LogP contribution in [0.4, 0.5) is 0 Å². The minimum absolute atomic E-state index is 0.208. The highest BCUT2D eigenvalue weighted by Crippen LogP contribution is 2.29. The molecule has 1 atom stereocenters.